The largest absolute Gasteiger partial charge is 0.508 e. The summed E-state index contributed by atoms with van der Waals surface area (Å²) in [6, 6.07) is 0.344. The second-order valence-electron chi connectivity index (χ2n) is 10.8. The Morgan fingerprint density at radius 2 is 1.92 bits per heavy atom. The van der Waals surface area contributed by atoms with Crippen LogP contribution in [0.5, 0.6) is 11.5 Å². The van der Waals surface area contributed by atoms with Crippen LogP contribution in [0.3, 0.4) is 0 Å². The lowest BCUT2D eigenvalue weighted by molar-refractivity contribution is -0.153. The zero-order valence-electron chi connectivity index (χ0n) is 21.6. The number of primary amides is 1. The van der Waals surface area contributed by atoms with Crippen molar-refractivity contribution < 1.29 is 39.5 Å². The molecule has 5 atom stereocenters. The van der Waals surface area contributed by atoms with Gasteiger partial charge in [-0.3, -0.25) is 19.3 Å². The van der Waals surface area contributed by atoms with E-state index in [-0.39, 0.29) is 35.8 Å². The summed E-state index contributed by atoms with van der Waals surface area (Å²) in [5, 5.41) is 48.4. The number of aliphatic hydroxyl groups excluding tert-OH is 2. The summed E-state index contributed by atoms with van der Waals surface area (Å²) in [7, 11) is 4.64. The number of aromatic hydroxyl groups is 1. The molecule has 1 aliphatic heterocycles. The van der Waals surface area contributed by atoms with Crippen molar-refractivity contribution in [3.05, 3.63) is 39.7 Å². The maximum absolute atomic E-state index is 13.9. The minimum absolute atomic E-state index is 0.0256. The van der Waals surface area contributed by atoms with Crippen LogP contribution in [0.1, 0.15) is 48.4 Å². The van der Waals surface area contributed by atoms with Gasteiger partial charge in [0, 0.05) is 28.7 Å². The predicted molar refractivity (Wildman–Crippen MR) is 135 cm³/mol. The molecule has 5 rings (SSSR count). The highest BCUT2D eigenvalue weighted by Crippen LogP contribution is 2.54. The van der Waals surface area contributed by atoms with Gasteiger partial charge in [-0.25, -0.2) is 0 Å². The molecule has 0 bridgehead atoms. The van der Waals surface area contributed by atoms with Crippen molar-refractivity contribution >= 4 is 23.2 Å². The smallest absolute Gasteiger partial charge is 0.255 e. The molecule has 0 aromatic heterocycles. The van der Waals surface area contributed by atoms with E-state index >= 15 is 0 Å². The fourth-order valence-electron chi connectivity index (χ4n) is 6.94. The Bertz CT molecular complexity index is 1310. The molecule has 1 heterocycles. The van der Waals surface area contributed by atoms with E-state index in [1.165, 1.54) is 18.1 Å². The van der Waals surface area contributed by atoms with Crippen molar-refractivity contribution in [2.75, 3.05) is 27.7 Å². The molecule has 2 fully saturated rings. The number of phenolic OH excluding ortho intramolecular Hbond substituents is 1. The number of amides is 1. The number of phenols is 1. The van der Waals surface area contributed by atoms with Gasteiger partial charge < -0.3 is 36.2 Å². The number of carbonyl (C=O) groups excluding carboxylic acids is 3. The molecule has 0 spiro atoms. The van der Waals surface area contributed by atoms with Crippen LogP contribution in [0.25, 0.3) is 5.76 Å². The molecule has 11 nitrogen and oxygen atoms in total. The van der Waals surface area contributed by atoms with Crippen LogP contribution in [0.15, 0.2) is 23.0 Å². The second-order valence-corrected chi connectivity index (χ2v) is 10.8. The first-order chi connectivity index (χ1) is 17.9. The standard InChI is InChI=1S/C27H33N3O8/c1-30(2)20-14-9-11-8-13-18(16(31)10-12(23(13)38-3)15-6-4-5-7-29-15)21(32)17(11)24(34)27(14,37)25(35)19(22(20)33)26(28)36/h10-11,14-15,20,29,31-32,35,37H,4-9H2,1-3H3,(H2,28,36)/t11-,14-,15?,20-,27-/m0/s1. The number of Topliss-reactive ketones (excluding diaryl/α,β-unsaturated/α-hetero) is 2. The Morgan fingerprint density at radius 1 is 1.21 bits per heavy atom. The van der Waals surface area contributed by atoms with Gasteiger partial charge in [-0.1, -0.05) is 6.42 Å². The molecule has 3 aliphatic carbocycles. The monoisotopic (exact) mass is 527 g/mol. The number of hydrogen-bond donors (Lipinski definition) is 6. The maximum Gasteiger partial charge on any atom is 0.255 e. The third kappa shape index (κ3) is 3.49. The van der Waals surface area contributed by atoms with Crippen LogP contribution in [0.4, 0.5) is 0 Å². The quantitative estimate of drug-likeness (QED) is 0.306. The van der Waals surface area contributed by atoms with Gasteiger partial charge in [0.2, 0.25) is 5.78 Å². The fourth-order valence-corrected chi connectivity index (χ4v) is 6.94. The molecular weight excluding hydrogens is 494 g/mol. The lowest BCUT2D eigenvalue weighted by Gasteiger charge is -2.50. The number of ketones is 2. The van der Waals surface area contributed by atoms with Crippen molar-refractivity contribution in [1.29, 1.82) is 0 Å². The number of fused-ring (bicyclic) bond motifs is 3. The number of methoxy groups -OCH3 is 1. The minimum Gasteiger partial charge on any atom is -0.508 e. The maximum atomic E-state index is 13.9. The molecule has 204 valence electrons. The SMILES string of the molecule is COc1c(C2CCCCN2)cc(O)c2c1C[C@H]1C[C@H]3[C@H](N(C)C)C(=O)C(C(N)=O)=C(O)[C@@]3(O)C(=O)C1=C2O. The van der Waals surface area contributed by atoms with Crippen molar-refractivity contribution in [3.63, 3.8) is 0 Å². The number of aliphatic hydroxyl groups is 3. The van der Waals surface area contributed by atoms with Gasteiger partial charge >= 0.3 is 0 Å². The number of ether oxygens (including phenoxy) is 1. The Morgan fingerprint density at radius 3 is 2.50 bits per heavy atom. The molecule has 38 heavy (non-hydrogen) atoms. The highest BCUT2D eigenvalue weighted by atomic mass is 16.5. The zero-order chi connectivity index (χ0) is 27.7. The molecule has 1 amide bonds. The third-order valence-corrected chi connectivity index (χ3v) is 8.59. The molecular formula is C27H33N3O8. The van der Waals surface area contributed by atoms with E-state index in [2.05, 4.69) is 5.32 Å². The second kappa shape index (κ2) is 9.11. The number of likely N-dealkylation sites (N-methyl/N-ethyl adjacent to an activating group) is 1. The van der Waals surface area contributed by atoms with E-state index in [1.807, 2.05) is 0 Å². The average molecular weight is 528 g/mol. The molecule has 4 aliphatic rings. The predicted octanol–water partition coefficient (Wildman–Crippen LogP) is 0.787. The topological polar surface area (TPSA) is 183 Å². The summed E-state index contributed by atoms with van der Waals surface area (Å²) in [6.45, 7) is 0.822. The Labute approximate surface area is 219 Å². The van der Waals surface area contributed by atoms with Crippen LogP contribution < -0.4 is 15.8 Å². The van der Waals surface area contributed by atoms with Crippen molar-refractivity contribution in [2.45, 2.75) is 49.8 Å². The van der Waals surface area contributed by atoms with E-state index < -0.39 is 58.0 Å². The summed E-state index contributed by atoms with van der Waals surface area (Å²) in [5.41, 5.74) is 2.99. The van der Waals surface area contributed by atoms with E-state index in [0.717, 1.165) is 31.4 Å². The van der Waals surface area contributed by atoms with Crippen molar-refractivity contribution in [2.24, 2.45) is 17.6 Å². The number of nitrogens with one attached hydrogen (secondary N) is 1. The Balaban J connectivity index is 1.71. The average Bonchev–Trinajstić information content (AvgIpc) is 2.86. The van der Waals surface area contributed by atoms with E-state index in [1.54, 1.807) is 14.1 Å². The van der Waals surface area contributed by atoms with Crippen LogP contribution in [0, 0.1) is 11.8 Å². The molecule has 1 aromatic rings. The number of hydrogen-bond acceptors (Lipinski definition) is 10. The first-order valence-electron chi connectivity index (χ1n) is 12.8. The van der Waals surface area contributed by atoms with Gasteiger partial charge in [-0.2, -0.15) is 0 Å². The Hall–Kier alpha value is -3.41. The van der Waals surface area contributed by atoms with Crippen molar-refractivity contribution in [3.8, 4) is 11.5 Å². The van der Waals surface area contributed by atoms with Gasteiger partial charge in [0.15, 0.2) is 11.4 Å². The first kappa shape index (κ1) is 26.2. The van der Waals surface area contributed by atoms with E-state index in [9.17, 15) is 34.8 Å². The molecule has 11 heteroatoms. The first-order valence-corrected chi connectivity index (χ1v) is 12.8. The van der Waals surface area contributed by atoms with Crippen LogP contribution in [-0.4, -0.2) is 82.2 Å². The van der Waals surface area contributed by atoms with Gasteiger partial charge in [0.25, 0.3) is 5.91 Å². The molecule has 1 saturated carbocycles. The van der Waals surface area contributed by atoms with Crippen LogP contribution in [0.2, 0.25) is 0 Å². The number of rotatable bonds is 4. The summed E-state index contributed by atoms with van der Waals surface area (Å²) < 4.78 is 5.79. The number of carbonyl (C=O) groups is 3. The summed E-state index contributed by atoms with van der Waals surface area (Å²) >= 11 is 0. The van der Waals surface area contributed by atoms with Gasteiger partial charge in [0.05, 0.1) is 18.7 Å². The lowest BCUT2D eigenvalue weighted by Crippen LogP contribution is -2.65. The van der Waals surface area contributed by atoms with Gasteiger partial charge in [-0.15, -0.1) is 0 Å². The number of nitrogens with two attached hydrogens (primary N) is 1. The van der Waals surface area contributed by atoms with Gasteiger partial charge in [0.1, 0.15) is 28.6 Å². The zero-order valence-corrected chi connectivity index (χ0v) is 21.6. The highest BCUT2D eigenvalue weighted by Gasteiger charge is 2.64. The summed E-state index contributed by atoms with van der Waals surface area (Å²) in [6.07, 6.45) is 3.11. The number of piperidine rings is 1. The fraction of sp³-hybridized carbons (Fsp3) is 0.519. The molecule has 1 aromatic carbocycles. The van der Waals surface area contributed by atoms with Crippen molar-refractivity contribution in [1.82, 2.24) is 10.2 Å². The summed E-state index contributed by atoms with van der Waals surface area (Å²) in [4.78, 5) is 40.7. The molecule has 0 radical (unpaired) electrons. The summed E-state index contributed by atoms with van der Waals surface area (Å²) in [5.74, 6) is -6.22. The minimum atomic E-state index is -2.66. The highest BCUT2D eigenvalue weighted by molar-refractivity contribution is 6.24. The molecule has 1 unspecified atom stereocenters. The van der Waals surface area contributed by atoms with Gasteiger partial charge in [-0.05, 0) is 58.3 Å². The van der Waals surface area contributed by atoms with Crippen LogP contribution in [-0.2, 0) is 20.8 Å². The van der Waals surface area contributed by atoms with E-state index in [4.69, 9.17) is 10.5 Å². The van der Waals surface area contributed by atoms with E-state index in [0.29, 0.717) is 11.3 Å². The molecule has 1 saturated heterocycles. The molecule has 7 N–H and O–H groups in total. The lowest BCUT2D eigenvalue weighted by atomic mass is 9.57. The van der Waals surface area contributed by atoms with Crippen LogP contribution >= 0.6 is 0 Å². The number of benzene rings is 1. The number of nitrogens with zero attached hydrogens (tertiary/aromatic N) is 1. The Kier molecular flexibility index (Phi) is 6.28. The third-order valence-electron chi connectivity index (χ3n) is 8.59. The normalized spacial score (nSPS) is 31.2.